The summed E-state index contributed by atoms with van der Waals surface area (Å²) in [5.41, 5.74) is 14.3. The maximum atomic E-state index is 13.4. The molecule has 206 valence electrons. The molecule has 2 aromatic carbocycles. The summed E-state index contributed by atoms with van der Waals surface area (Å²) < 4.78 is 1.33. The molecule has 0 radical (unpaired) electrons. The molecule has 0 atom stereocenters. The van der Waals surface area contributed by atoms with Crippen molar-refractivity contribution >= 4 is 34.8 Å². The Morgan fingerprint density at radius 2 is 1.74 bits per heavy atom. The molecule has 8 N–H and O–H groups in total. The first-order valence-corrected chi connectivity index (χ1v) is 12.7. The molecule has 1 aromatic heterocycles. The molecule has 3 rings (SSSR count). The molecular formula is C28H36N8O3. The van der Waals surface area contributed by atoms with Gasteiger partial charge in [0.05, 0.1) is 11.9 Å². The number of benzene rings is 2. The average molecular weight is 533 g/mol. The van der Waals surface area contributed by atoms with Gasteiger partial charge < -0.3 is 27.4 Å². The van der Waals surface area contributed by atoms with E-state index < -0.39 is 5.56 Å². The van der Waals surface area contributed by atoms with E-state index >= 15 is 0 Å². The van der Waals surface area contributed by atoms with Gasteiger partial charge in [0.1, 0.15) is 12.4 Å². The van der Waals surface area contributed by atoms with Crippen LogP contribution in [0.2, 0.25) is 0 Å². The Morgan fingerprint density at radius 3 is 2.36 bits per heavy atom. The molecule has 0 unspecified atom stereocenters. The van der Waals surface area contributed by atoms with Crippen molar-refractivity contribution in [1.29, 1.82) is 5.41 Å². The number of hydrogen-bond donors (Lipinski definition) is 6. The summed E-state index contributed by atoms with van der Waals surface area (Å²) in [5.74, 6) is -0.262. The number of nitrogens with one attached hydrogen (secondary N) is 4. The minimum Gasteiger partial charge on any atom is -0.399 e. The Labute approximate surface area is 227 Å². The summed E-state index contributed by atoms with van der Waals surface area (Å²) in [5, 5.41) is 16.2. The highest BCUT2D eigenvalue weighted by Crippen LogP contribution is 2.26. The normalized spacial score (nSPS) is 10.9. The zero-order chi connectivity index (χ0) is 28.7. The van der Waals surface area contributed by atoms with Crippen molar-refractivity contribution in [3.8, 4) is 11.3 Å². The first-order valence-electron chi connectivity index (χ1n) is 12.7. The summed E-state index contributed by atoms with van der Waals surface area (Å²) in [4.78, 5) is 43.0. The van der Waals surface area contributed by atoms with Crippen LogP contribution in [0.4, 0.5) is 17.2 Å². The van der Waals surface area contributed by atoms with Crippen LogP contribution in [0.3, 0.4) is 0 Å². The van der Waals surface area contributed by atoms with E-state index in [1.54, 1.807) is 42.5 Å². The first-order chi connectivity index (χ1) is 18.4. The van der Waals surface area contributed by atoms with Crippen molar-refractivity contribution in [2.75, 3.05) is 16.4 Å². The van der Waals surface area contributed by atoms with E-state index in [-0.39, 0.29) is 48.5 Å². The largest absolute Gasteiger partial charge is 0.399 e. The maximum absolute atomic E-state index is 13.4. The van der Waals surface area contributed by atoms with E-state index in [0.29, 0.717) is 34.6 Å². The number of amides is 2. The van der Waals surface area contributed by atoms with Crippen LogP contribution in [-0.4, -0.2) is 33.2 Å². The minimum atomic E-state index is -0.463. The third kappa shape index (κ3) is 8.16. The van der Waals surface area contributed by atoms with Crippen LogP contribution in [0.5, 0.6) is 0 Å². The predicted octanol–water partition coefficient (Wildman–Crippen LogP) is 2.90. The van der Waals surface area contributed by atoms with E-state index in [4.69, 9.17) is 16.9 Å². The fourth-order valence-electron chi connectivity index (χ4n) is 3.90. The van der Waals surface area contributed by atoms with E-state index in [1.165, 1.54) is 10.8 Å². The molecule has 11 heteroatoms. The molecule has 3 aromatic rings. The topological polar surface area (TPSA) is 181 Å². The van der Waals surface area contributed by atoms with Crippen LogP contribution in [0.15, 0.2) is 53.5 Å². The summed E-state index contributed by atoms with van der Waals surface area (Å²) in [6, 6.07) is 11.9. The van der Waals surface area contributed by atoms with Gasteiger partial charge in [-0.1, -0.05) is 38.1 Å². The Bertz CT molecular complexity index is 1410. The number of nitrogens with zero attached hydrogens (tertiary/aromatic N) is 2. The quantitative estimate of drug-likeness (QED) is 0.125. The van der Waals surface area contributed by atoms with Crippen LogP contribution < -0.4 is 33.0 Å². The van der Waals surface area contributed by atoms with Crippen molar-refractivity contribution in [2.45, 2.75) is 53.2 Å². The second-order valence-electron chi connectivity index (χ2n) is 10.1. The molecule has 11 nitrogen and oxygen atoms in total. The zero-order valence-corrected chi connectivity index (χ0v) is 22.7. The summed E-state index contributed by atoms with van der Waals surface area (Å²) >= 11 is 0. The van der Waals surface area contributed by atoms with E-state index in [2.05, 4.69) is 20.9 Å². The molecule has 39 heavy (non-hydrogen) atoms. The third-order valence-electron chi connectivity index (χ3n) is 5.66. The van der Waals surface area contributed by atoms with Crippen LogP contribution in [0.25, 0.3) is 11.3 Å². The number of amidine groups is 1. The van der Waals surface area contributed by atoms with Crippen molar-refractivity contribution in [3.05, 3.63) is 70.1 Å². The summed E-state index contributed by atoms with van der Waals surface area (Å²) in [7, 11) is 0. The second kappa shape index (κ2) is 12.7. The fourth-order valence-corrected chi connectivity index (χ4v) is 3.90. The first kappa shape index (κ1) is 28.9. The molecular weight excluding hydrogens is 496 g/mol. The monoisotopic (exact) mass is 532 g/mol. The fraction of sp³-hybridized carbons (Fsp3) is 0.321. The van der Waals surface area contributed by atoms with Gasteiger partial charge in [0.15, 0.2) is 5.82 Å². The van der Waals surface area contributed by atoms with E-state index in [9.17, 15) is 14.4 Å². The van der Waals surface area contributed by atoms with Crippen molar-refractivity contribution < 1.29 is 9.59 Å². The number of rotatable bonds is 11. The number of nitrogen functional groups attached to an aromatic ring is 2. The lowest BCUT2D eigenvalue weighted by atomic mass is 10.1. The van der Waals surface area contributed by atoms with Gasteiger partial charge in [-0.05, 0) is 43.5 Å². The van der Waals surface area contributed by atoms with E-state index in [0.717, 1.165) is 5.56 Å². The van der Waals surface area contributed by atoms with Gasteiger partial charge in [-0.15, -0.1) is 0 Å². The van der Waals surface area contributed by atoms with Crippen LogP contribution >= 0.6 is 0 Å². The number of carbonyl (C=O) groups excluding carboxylic acids is 2. The number of hydrogen-bond acceptors (Lipinski definition) is 7. The molecule has 0 saturated carbocycles. The summed E-state index contributed by atoms with van der Waals surface area (Å²) in [6.45, 7) is 7.63. The number of carbonyl (C=O) groups is 2. The Kier molecular flexibility index (Phi) is 9.43. The van der Waals surface area contributed by atoms with Crippen molar-refractivity contribution in [1.82, 2.24) is 14.9 Å². The highest BCUT2D eigenvalue weighted by molar-refractivity contribution is 5.95. The number of nitrogens with two attached hydrogens (primary N) is 2. The van der Waals surface area contributed by atoms with Gasteiger partial charge in [-0.2, -0.15) is 0 Å². The van der Waals surface area contributed by atoms with Gasteiger partial charge in [0.25, 0.3) is 5.56 Å². The highest BCUT2D eigenvalue weighted by Gasteiger charge is 2.17. The standard InChI is InChI=1S/C28H36N8O3/c1-16(2)9-24(37)35-22-11-20(10-21(29)12-22)23-14-33-27(34-17(3)4)28(39)36(23)15-25(38)32-13-18-5-7-19(8-6-18)26(30)31/h5-8,10-12,14,16-17H,9,13,15,29H2,1-4H3,(H3,30,31)(H,32,38)(H,33,34)(H,35,37). The molecule has 0 saturated heterocycles. The molecule has 0 bridgehead atoms. The third-order valence-corrected chi connectivity index (χ3v) is 5.66. The van der Waals surface area contributed by atoms with Crippen LogP contribution in [0.1, 0.15) is 45.2 Å². The maximum Gasteiger partial charge on any atom is 0.294 e. The Hall–Kier alpha value is -4.67. The molecule has 0 aliphatic carbocycles. The van der Waals surface area contributed by atoms with Gasteiger partial charge >= 0.3 is 0 Å². The molecule has 0 aliphatic heterocycles. The SMILES string of the molecule is CC(C)CC(=O)Nc1cc(N)cc(-c2cnc(NC(C)C)c(=O)n2CC(=O)NCc2ccc(C(=N)N)cc2)c1. The van der Waals surface area contributed by atoms with Crippen LogP contribution in [-0.2, 0) is 22.7 Å². The minimum absolute atomic E-state index is 0.0369. The lowest BCUT2D eigenvalue weighted by Crippen LogP contribution is -2.35. The Morgan fingerprint density at radius 1 is 1.05 bits per heavy atom. The molecule has 0 fully saturated rings. The van der Waals surface area contributed by atoms with Crippen LogP contribution in [0, 0.1) is 11.3 Å². The summed E-state index contributed by atoms with van der Waals surface area (Å²) in [6.07, 6.45) is 1.86. The van der Waals surface area contributed by atoms with Gasteiger partial charge in [0, 0.05) is 41.5 Å². The molecule has 2 amide bonds. The average Bonchev–Trinajstić information content (AvgIpc) is 2.84. The Balaban J connectivity index is 1.91. The zero-order valence-electron chi connectivity index (χ0n) is 22.7. The smallest absolute Gasteiger partial charge is 0.294 e. The van der Waals surface area contributed by atoms with Gasteiger partial charge in [0.2, 0.25) is 11.8 Å². The predicted molar refractivity (Wildman–Crippen MR) is 154 cm³/mol. The lowest BCUT2D eigenvalue weighted by molar-refractivity contribution is -0.122. The van der Waals surface area contributed by atoms with Crippen molar-refractivity contribution in [3.63, 3.8) is 0 Å². The van der Waals surface area contributed by atoms with Crippen molar-refractivity contribution in [2.24, 2.45) is 11.7 Å². The van der Waals surface area contributed by atoms with Gasteiger partial charge in [-0.25, -0.2) is 4.98 Å². The highest BCUT2D eigenvalue weighted by atomic mass is 16.2. The molecule has 1 heterocycles. The number of aromatic nitrogens is 2. The molecule has 0 aliphatic rings. The van der Waals surface area contributed by atoms with E-state index in [1.807, 2.05) is 27.7 Å². The number of anilines is 3. The lowest BCUT2D eigenvalue weighted by Gasteiger charge is -2.17. The van der Waals surface area contributed by atoms with Gasteiger partial charge in [-0.3, -0.25) is 24.4 Å². The second-order valence-corrected chi connectivity index (χ2v) is 10.1. The molecule has 0 spiro atoms.